The lowest BCUT2D eigenvalue weighted by Crippen LogP contribution is -2.14. The van der Waals surface area contributed by atoms with E-state index in [0.717, 1.165) is 17.5 Å². The second kappa shape index (κ2) is 8.29. The van der Waals surface area contributed by atoms with E-state index in [-0.39, 0.29) is 5.91 Å². The van der Waals surface area contributed by atoms with Crippen LogP contribution in [0.4, 0.5) is 0 Å². The van der Waals surface area contributed by atoms with E-state index in [1.165, 1.54) is 6.92 Å². The molecule has 0 N–H and O–H groups in total. The Morgan fingerprint density at radius 1 is 1.10 bits per heavy atom. The van der Waals surface area contributed by atoms with Gasteiger partial charge in [0.2, 0.25) is 0 Å². The van der Waals surface area contributed by atoms with Gasteiger partial charge >= 0.3 is 5.97 Å². The van der Waals surface area contributed by atoms with Crippen molar-refractivity contribution >= 4 is 34.4 Å². The summed E-state index contributed by atoms with van der Waals surface area (Å²) in [7, 11) is 1.55. The van der Waals surface area contributed by atoms with Crippen LogP contribution in [-0.2, 0) is 11.2 Å². The third-order valence-electron chi connectivity index (χ3n) is 4.90. The molecule has 0 radical (unpaired) electrons. The average Bonchev–Trinajstić information content (AvgIpc) is 2.93. The fourth-order valence-electron chi connectivity index (χ4n) is 3.63. The first kappa shape index (κ1) is 20.9. The summed E-state index contributed by atoms with van der Waals surface area (Å²) in [5.41, 5.74) is 3.57. The van der Waals surface area contributed by atoms with E-state index in [1.807, 2.05) is 26.0 Å². The maximum atomic E-state index is 13.4. The first-order valence-electron chi connectivity index (χ1n) is 9.50. The van der Waals surface area contributed by atoms with Crippen LogP contribution in [0.25, 0.3) is 10.9 Å². The van der Waals surface area contributed by atoms with Gasteiger partial charge in [-0.15, -0.1) is 0 Å². The Morgan fingerprint density at radius 2 is 1.76 bits per heavy atom. The quantitative estimate of drug-likeness (QED) is 0.519. The molecule has 0 saturated carbocycles. The maximum Gasteiger partial charge on any atom is 0.308 e. The third kappa shape index (κ3) is 3.75. The molecule has 0 aliphatic carbocycles. The highest BCUT2D eigenvalue weighted by molar-refractivity contribution is 6.33. The number of rotatable bonds is 5. The van der Waals surface area contributed by atoms with Gasteiger partial charge in [0.25, 0.3) is 5.91 Å². The molecule has 0 amide bonds. The van der Waals surface area contributed by atoms with Crippen molar-refractivity contribution in [3.05, 3.63) is 57.7 Å². The highest BCUT2D eigenvalue weighted by Crippen LogP contribution is 2.44. The summed E-state index contributed by atoms with van der Waals surface area (Å²) in [6.45, 7) is 7.11. The lowest BCUT2D eigenvalue weighted by Gasteiger charge is -2.13. The van der Waals surface area contributed by atoms with Gasteiger partial charge in [-0.3, -0.25) is 14.2 Å². The second-order valence-corrected chi connectivity index (χ2v) is 7.44. The molecule has 1 aromatic heterocycles. The largest absolute Gasteiger partial charge is 0.495 e. The minimum Gasteiger partial charge on any atom is -0.495 e. The smallest absolute Gasteiger partial charge is 0.308 e. The van der Waals surface area contributed by atoms with Gasteiger partial charge in [0.1, 0.15) is 5.75 Å². The standard InChI is InChI=1S/C23H24ClNO4/c1-6-7-17-20-19(12-18(24)22(17)28-5)25(14(3)21(20)29-15(4)26)23(27)16-10-8-13(2)9-11-16/h8-12H,6-7H2,1-5H3. The van der Waals surface area contributed by atoms with Crippen molar-refractivity contribution in [2.75, 3.05) is 7.11 Å². The van der Waals surface area contributed by atoms with Crippen LogP contribution in [0.5, 0.6) is 11.5 Å². The Morgan fingerprint density at radius 3 is 2.31 bits per heavy atom. The van der Waals surface area contributed by atoms with Crippen LogP contribution in [0.1, 0.15) is 47.4 Å². The monoisotopic (exact) mass is 413 g/mol. The number of aryl methyl sites for hydroxylation is 2. The van der Waals surface area contributed by atoms with Gasteiger partial charge in [0, 0.05) is 18.1 Å². The van der Waals surface area contributed by atoms with E-state index in [2.05, 4.69) is 0 Å². The number of methoxy groups -OCH3 is 1. The molecule has 0 saturated heterocycles. The topological polar surface area (TPSA) is 57.5 Å². The van der Waals surface area contributed by atoms with Gasteiger partial charge < -0.3 is 9.47 Å². The van der Waals surface area contributed by atoms with Crippen LogP contribution in [0, 0.1) is 13.8 Å². The molecule has 3 aromatic rings. The molecule has 6 heteroatoms. The van der Waals surface area contributed by atoms with E-state index >= 15 is 0 Å². The van der Waals surface area contributed by atoms with Gasteiger partial charge in [-0.05, 0) is 38.5 Å². The van der Waals surface area contributed by atoms with Crippen LogP contribution >= 0.6 is 11.6 Å². The molecule has 5 nitrogen and oxygen atoms in total. The van der Waals surface area contributed by atoms with Crippen molar-refractivity contribution in [3.63, 3.8) is 0 Å². The maximum absolute atomic E-state index is 13.4. The molecule has 0 aliphatic heterocycles. The predicted octanol–water partition coefficient (Wildman–Crippen LogP) is 5.49. The zero-order valence-corrected chi connectivity index (χ0v) is 18.0. The summed E-state index contributed by atoms with van der Waals surface area (Å²) in [5.74, 6) is 0.238. The van der Waals surface area contributed by atoms with Crippen molar-refractivity contribution in [2.24, 2.45) is 0 Å². The molecule has 152 valence electrons. The number of hydrogen-bond acceptors (Lipinski definition) is 4. The normalized spacial score (nSPS) is 11.0. The number of nitrogens with zero attached hydrogens (tertiary/aromatic N) is 1. The molecule has 2 aromatic carbocycles. The molecule has 0 spiro atoms. The van der Waals surface area contributed by atoms with Crippen molar-refractivity contribution < 1.29 is 19.1 Å². The molecule has 3 rings (SSSR count). The molecule has 0 unspecified atom stereocenters. The van der Waals surface area contributed by atoms with Crippen molar-refractivity contribution in [1.82, 2.24) is 4.57 Å². The Kier molecular flexibility index (Phi) is 5.99. The summed E-state index contributed by atoms with van der Waals surface area (Å²) in [6, 6.07) is 9.04. The van der Waals surface area contributed by atoms with Crippen molar-refractivity contribution in [2.45, 2.75) is 40.5 Å². The Bertz CT molecular complexity index is 1100. The number of halogens is 1. The molecule has 1 heterocycles. The lowest BCUT2D eigenvalue weighted by molar-refractivity contribution is -0.131. The average molecular weight is 414 g/mol. The van der Waals surface area contributed by atoms with E-state index in [1.54, 1.807) is 36.8 Å². The van der Waals surface area contributed by atoms with Crippen LogP contribution in [0.2, 0.25) is 5.02 Å². The zero-order valence-electron chi connectivity index (χ0n) is 17.3. The van der Waals surface area contributed by atoms with Crippen molar-refractivity contribution in [3.8, 4) is 11.5 Å². The Balaban J connectivity index is 2.38. The highest BCUT2D eigenvalue weighted by Gasteiger charge is 2.27. The molecular weight excluding hydrogens is 390 g/mol. The molecule has 0 atom stereocenters. The van der Waals surface area contributed by atoms with Crippen LogP contribution in [-0.4, -0.2) is 23.6 Å². The number of aromatic nitrogens is 1. The number of carbonyl (C=O) groups excluding carboxylic acids is 2. The number of hydrogen-bond donors (Lipinski definition) is 0. The number of fused-ring (bicyclic) bond motifs is 1. The minimum absolute atomic E-state index is 0.213. The fourth-order valence-corrected chi connectivity index (χ4v) is 3.92. The SMILES string of the molecule is CCCc1c(OC)c(Cl)cc2c1c(OC(C)=O)c(C)n2C(=O)c1ccc(C)cc1. The summed E-state index contributed by atoms with van der Waals surface area (Å²) < 4.78 is 12.7. The summed E-state index contributed by atoms with van der Waals surface area (Å²) >= 11 is 6.50. The number of carbonyl (C=O) groups is 2. The third-order valence-corrected chi connectivity index (χ3v) is 5.18. The van der Waals surface area contributed by atoms with Gasteiger partial charge in [-0.2, -0.15) is 0 Å². The molecule has 29 heavy (non-hydrogen) atoms. The summed E-state index contributed by atoms with van der Waals surface area (Å²) in [5, 5.41) is 1.09. The molecule has 0 bridgehead atoms. The number of ether oxygens (including phenoxy) is 2. The zero-order chi connectivity index (χ0) is 21.3. The van der Waals surface area contributed by atoms with Crippen LogP contribution < -0.4 is 9.47 Å². The van der Waals surface area contributed by atoms with Crippen LogP contribution in [0.15, 0.2) is 30.3 Å². The molecule has 0 aliphatic rings. The Labute approximate surface area is 175 Å². The van der Waals surface area contributed by atoms with Crippen LogP contribution in [0.3, 0.4) is 0 Å². The van der Waals surface area contributed by atoms with E-state index in [4.69, 9.17) is 21.1 Å². The summed E-state index contributed by atoms with van der Waals surface area (Å²) in [4.78, 5) is 25.2. The first-order valence-corrected chi connectivity index (χ1v) is 9.88. The first-order chi connectivity index (χ1) is 13.8. The van der Waals surface area contributed by atoms with E-state index in [9.17, 15) is 9.59 Å². The van der Waals surface area contributed by atoms with Gasteiger partial charge in [-0.1, -0.05) is 42.6 Å². The Hall–Kier alpha value is -2.79. The number of esters is 1. The van der Waals surface area contributed by atoms with E-state index < -0.39 is 5.97 Å². The van der Waals surface area contributed by atoms with E-state index in [0.29, 0.717) is 45.1 Å². The molecule has 0 fully saturated rings. The fraction of sp³-hybridized carbons (Fsp3) is 0.304. The van der Waals surface area contributed by atoms with Crippen molar-refractivity contribution in [1.29, 1.82) is 0 Å². The van der Waals surface area contributed by atoms with Gasteiger partial charge in [0.15, 0.2) is 5.75 Å². The second-order valence-electron chi connectivity index (χ2n) is 7.03. The highest BCUT2D eigenvalue weighted by atomic mass is 35.5. The predicted molar refractivity (Wildman–Crippen MR) is 114 cm³/mol. The summed E-state index contributed by atoms with van der Waals surface area (Å²) in [6.07, 6.45) is 1.50. The van der Waals surface area contributed by atoms with Gasteiger partial charge in [0.05, 0.1) is 28.7 Å². The van der Waals surface area contributed by atoms with Gasteiger partial charge in [-0.25, -0.2) is 0 Å². The minimum atomic E-state index is -0.452. The number of benzene rings is 2. The molecular formula is C23H24ClNO4. The lowest BCUT2D eigenvalue weighted by atomic mass is 10.0.